The Labute approximate surface area is 125 Å². The van der Waals surface area contributed by atoms with Gasteiger partial charge in [0.05, 0.1) is 20.3 Å². The lowest BCUT2D eigenvalue weighted by Gasteiger charge is -2.17. The monoisotopic (exact) mass is 287 g/mol. The molecule has 0 saturated carbocycles. The number of rotatable bonds is 7. The van der Waals surface area contributed by atoms with Crippen molar-refractivity contribution in [3.05, 3.63) is 48.0 Å². The summed E-state index contributed by atoms with van der Waals surface area (Å²) in [6.07, 6.45) is 4.32. The standard InChI is InChI=1S/C16H21N3O2/c1-4-17-13(16-18-8-5-9-19-16)10-12-6-7-14(20-2)15(11-12)21-3/h5-9,11,13,17H,4,10H2,1-3H3. The normalized spacial score (nSPS) is 12.0. The summed E-state index contributed by atoms with van der Waals surface area (Å²) in [5.41, 5.74) is 1.14. The molecule has 2 rings (SSSR count). The van der Waals surface area contributed by atoms with E-state index in [-0.39, 0.29) is 6.04 Å². The number of methoxy groups -OCH3 is 2. The first-order chi connectivity index (χ1) is 10.3. The van der Waals surface area contributed by atoms with Crippen LogP contribution in [0, 0.1) is 0 Å². The van der Waals surface area contributed by atoms with Crippen LogP contribution in [-0.2, 0) is 6.42 Å². The first kappa shape index (κ1) is 15.3. The van der Waals surface area contributed by atoms with Gasteiger partial charge in [-0.2, -0.15) is 0 Å². The minimum absolute atomic E-state index is 0.0781. The van der Waals surface area contributed by atoms with E-state index in [1.165, 1.54) is 0 Å². The van der Waals surface area contributed by atoms with Crippen LogP contribution >= 0.6 is 0 Å². The largest absolute Gasteiger partial charge is 0.493 e. The molecule has 0 spiro atoms. The molecule has 0 aliphatic heterocycles. The van der Waals surface area contributed by atoms with Gasteiger partial charge in [-0.25, -0.2) is 9.97 Å². The third-order valence-electron chi connectivity index (χ3n) is 3.24. The summed E-state index contributed by atoms with van der Waals surface area (Å²) in [5.74, 6) is 2.27. The van der Waals surface area contributed by atoms with Crippen LogP contribution < -0.4 is 14.8 Å². The Morgan fingerprint density at radius 2 is 1.81 bits per heavy atom. The van der Waals surface area contributed by atoms with Crippen LogP contribution in [0.5, 0.6) is 11.5 Å². The van der Waals surface area contributed by atoms with Crippen LogP contribution in [0.3, 0.4) is 0 Å². The lowest BCUT2D eigenvalue weighted by Crippen LogP contribution is -2.24. The zero-order valence-corrected chi connectivity index (χ0v) is 12.7. The van der Waals surface area contributed by atoms with E-state index in [0.717, 1.165) is 35.9 Å². The highest BCUT2D eigenvalue weighted by atomic mass is 16.5. The molecule has 1 heterocycles. The van der Waals surface area contributed by atoms with Crippen LogP contribution in [0.2, 0.25) is 0 Å². The quantitative estimate of drug-likeness (QED) is 0.847. The Hall–Kier alpha value is -2.14. The molecule has 5 nitrogen and oxygen atoms in total. The molecule has 112 valence electrons. The molecule has 0 saturated heterocycles. The molecule has 0 fully saturated rings. The van der Waals surface area contributed by atoms with E-state index in [9.17, 15) is 0 Å². The van der Waals surface area contributed by atoms with E-state index < -0.39 is 0 Å². The van der Waals surface area contributed by atoms with Gasteiger partial charge >= 0.3 is 0 Å². The fourth-order valence-corrected chi connectivity index (χ4v) is 2.24. The summed E-state index contributed by atoms with van der Waals surface area (Å²) in [4.78, 5) is 8.68. The molecule has 1 aromatic carbocycles. The van der Waals surface area contributed by atoms with Crippen LogP contribution in [0.25, 0.3) is 0 Å². The number of likely N-dealkylation sites (N-methyl/N-ethyl adjacent to an activating group) is 1. The average molecular weight is 287 g/mol. The highest BCUT2D eigenvalue weighted by Gasteiger charge is 2.15. The maximum absolute atomic E-state index is 5.35. The third-order valence-corrected chi connectivity index (χ3v) is 3.24. The Balaban J connectivity index is 2.21. The zero-order chi connectivity index (χ0) is 15.1. The molecule has 1 atom stereocenters. The number of ether oxygens (including phenoxy) is 2. The smallest absolute Gasteiger partial charge is 0.160 e. The van der Waals surface area contributed by atoms with E-state index in [4.69, 9.17) is 9.47 Å². The number of benzene rings is 1. The minimum atomic E-state index is 0.0781. The van der Waals surface area contributed by atoms with Crippen LogP contribution in [-0.4, -0.2) is 30.7 Å². The number of aromatic nitrogens is 2. The van der Waals surface area contributed by atoms with Crippen LogP contribution in [0.15, 0.2) is 36.7 Å². The number of nitrogens with zero attached hydrogens (tertiary/aromatic N) is 2. The molecule has 2 aromatic rings. The highest BCUT2D eigenvalue weighted by Crippen LogP contribution is 2.29. The summed E-state index contributed by atoms with van der Waals surface area (Å²) < 4.78 is 10.6. The number of nitrogens with one attached hydrogen (secondary N) is 1. The molecule has 1 N–H and O–H groups in total. The highest BCUT2D eigenvalue weighted by molar-refractivity contribution is 5.43. The second-order valence-electron chi connectivity index (χ2n) is 4.61. The predicted octanol–water partition coefficient (Wildman–Crippen LogP) is 2.39. The molecule has 5 heteroatoms. The second kappa shape index (κ2) is 7.59. The van der Waals surface area contributed by atoms with E-state index in [0.29, 0.717) is 0 Å². The van der Waals surface area contributed by atoms with Gasteiger partial charge in [-0.3, -0.25) is 0 Å². The van der Waals surface area contributed by atoms with Gasteiger partial charge in [0.1, 0.15) is 5.82 Å². The van der Waals surface area contributed by atoms with Gasteiger partial charge < -0.3 is 14.8 Å². The number of hydrogen-bond donors (Lipinski definition) is 1. The van der Waals surface area contributed by atoms with Crippen molar-refractivity contribution in [2.24, 2.45) is 0 Å². The molecular weight excluding hydrogens is 266 g/mol. The first-order valence-corrected chi connectivity index (χ1v) is 6.99. The predicted molar refractivity (Wildman–Crippen MR) is 81.7 cm³/mol. The van der Waals surface area contributed by atoms with Gasteiger partial charge in [0.15, 0.2) is 11.5 Å². The Morgan fingerprint density at radius 1 is 1.10 bits per heavy atom. The van der Waals surface area contributed by atoms with Crippen molar-refractivity contribution in [3.63, 3.8) is 0 Å². The SMILES string of the molecule is CCNC(Cc1ccc(OC)c(OC)c1)c1ncccn1. The molecule has 1 unspecified atom stereocenters. The van der Waals surface area contributed by atoms with Crippen molar-refractivity contribution in [1.82, 2.24) is 15.3 Å². The van der Waals surface area contributed by atoms with Gasteiger partial charge in [-0.05, 0) is 36.7 Å². The molecule has 0 aliphatic rings. The second-order valence-corrected chi connectivity index (χ2v) is 4.61. The molecule has 0 radical (unpaired) electrons. The summed E-state index contributed by atoms with van der Waals surface area (Å²) in [5, 5.41) is 3.42. The summed E-state index contributed by atoms with van der Waals surface area (Å²) in [6, 6.07) is 7.85. The Kier molecular flexibility index (Phi) is 5.51. The fraction of sp³-hybridized carbons (Fsp3) is 0.375. The Morgan fingerprint density at radius 3 is 2.43 bits per heavy atom. The van der Waals surface area contributed by atoms with Crippen molar-refractivity contribution >= 4 is 0 Å². The van der Waals surface area contributed by atoms with Crippen LogP contribution in [0.1, 0.15) is 24.4 Å². The first-order valence-electron chi connectivity index (χ1n) is 6.99. The average Bonchev–Trinajstić information content (AvgIpc) is 2.55. The maximum atomic E-state index is 5.35. The fourth-order valence-electron chi connectivity index (χ4n) is 2.24. The van der Waals surface area contributed by atoms with Gasteiger partial charge in [-0.15, -0.1) is 0 Å². The topological polar surface area (TPSA) is 56.3 Å². The summed E-state index contributed by atoms with van der Waals surface area (Å²) >= 11 is 0. The Bertz CT molecular complexity index is 561. The van der Waals surface area contributed by atoms with Gasteiger partial charge in [0, 0.05) is 12.4 Å². The van der Waals surface area contributed by atoms with Gasteiger partial charge in [0.25, 0.3) is 0 Å². The summed E-state index contributed by atoms with van der Waals surface area (Å²) in [7, 11) is 3.28. The minimum Gasteiger partial charge on any atom is -0.493 e. The van der Waals surface area contributed by atoms with E-state index >= 15 is 0 Å². The van der Waals surface area contributed by atoms with Gasteiger partial charge in [0.2, 0.25) is 0 Å². The third kappa shape index (κ3) is 3.92. The van der Waals surface area contributed by atoms with Gasteiger partial charge in [-0.1, -0.05) is 13.0 Å². The lowest BCUT2D eigenvalue weighted by molar-refractivity contribution is 0.354. The lowest BCUT2D eigenvalue weighted by atomic mass is 10.0. The van der Waals surface area contributed by atoms with Crippen molar-refractivity contribution in [1.29, 1.82) is 0 Å². The van der Waals surface area contributed by atoms with Crippen molar-refractivity contribution in [2.75, 3.05) is 20.8 Å². The molecule has 0 amide bonds. The van der Waals surface area contributed by atoms with E-state index in [1.54, 1.807) is 26.6 Å². The summed E-state index contributed by atoms with van der Waals surface area (Å²) in [6.45, 7) is 2.93. The van der Waals surface area contributed by atoms with Crippen LogP contribution in [0.4, 0.5) is 0 Å². The maximum Gasteiger partial charge on any atom is 0.160 e. The van der Waals surface area contributed by atoms with Crippen molar-refractivity contribution < 1.29 is 9.47 Å². The molecular formula is C16H21N3O2. The van der Waals surface area contributed by atoms with Crippen molar-refractivity contribution in [3.8, 4) is 11.5 Å². The molecule has 0 aliphatic carbocycles. The molecule has 1 aromatic heterocycles. The van der Waals surface area contributed by atoms with E-state index in [2.05, 4.69) is 22.2 Å². The van der Waals surface area contributed by atoms with E-state index in [1.807, 2.05) is 24.3 Å². The van der Waals surface area contributed by atoms with Crippen molar-refractivity contribution in [2.45, 2.75) is 19.4 Å². The molecule has 0 bridgehead atoms. The zero-order valence-electron chi connectivity index (χ0n) is 12.7. The number of hydrogen-bond acceptors (Lipinski definition) is 5. The molecule has 21 heavy (non-hydrogen) atoms.